The number of amides is 1. The largest absolute Gasteiger partial charge is 0.353 e. The maximum Gasteiger partial charge on any atom is 0.242 e. The van der Waals surface area contributed by atoms with Gasteiger partial charge in [-0.3, -0.25) is 9.69 Å². The van der Waals surface area contributed by atoms with Gasteiger partial charge in [0.15, 0.2) is 0 Å². The summed E-state index contributed by atoms with van der Waals surface area (Å²) in [5, 5.41) is 8.43. The Labute approximate surface area is 185 Å². The highest BCUT2D eigenvalue weighted by molar-refractivity contribution is 6.30. The Hall–Kier alpha value is -3.16. The third kappa shape index (κ3) is 3.60. The molecule has 1 aliphatic heterocycles. The summed E-state index contributed by atoms with van der Waals surface area (Å²) in [6.45, 7) is 5.90. The number of benzene rings is 1. The number of hydrogen-bond donors (Lipinski definition) is 1. The lowest BCUT2D eigenvalue weighted by atomic mass is 10.00. The minimum atomic E-state index is -0.417. The van der Waals surface area contributed by atoms with Crippen LogP contribution in [-0.4, -0.2) is 43.1 Å². The van der Waals surface area contributed by atoms with Crippen LogP contribution in [0.2, 0.25) is 5.02 Å². The van der Waals surface area contributed by atoms with E-state index in [1.807, 2.05) is 77.8 Å². The molecule has 3 aromatic heterocycles. The number of carbonyl (C=O) groups is 1. The number of halogens is 1. The first-order valence-corrected chi connectivity index (χ1v) is 10.7. The maximum absolute atomic E-state index is 13.0. The fraction of sp³-hybridized carbons (Fsp3) is 0.261. The number of rotatable bonds is 4. The standard InChI is InChI=1S/C23H23ClN6O/c1-15-21(16(2)30(27-15)19-6-4-3-5-7-19)22-23(31)25-10-11-28(22)13-18-14-29-12-17(24)8-9-20(29)26-18/h3-9,12,14,22H,10-11,13H2,1-2H3,(H,25,31)/t22-/m1/s1. The molecule has 0 aliphatic carbocycles. The van der Waals surface area contributed by atoms with Gasteiger partial charge in [0.05, 0.1) is 22.1 Å². The van der Waals surface area contributed by atoms with Crippen LogP contribution in [0.4, 0.5) is 0 Å². The first-order valence-electron chi connectivity index (χ1n) is 10.3. The van der Waals surface area contributed by atoms with Crippen molar-refractivity contribution in [2.45, 2.75) is 26.4 Å². The molecule has 1 aliphatic rings. The molecule has 0 saturated carbocycles. The number of pyridine rings is 1. The first kappa shape index (κ1) is 19.8. The molecule has 158 valence electrons. The minimum absolute atomic E-state index is 0.00290. The van der Waals surface area contributed by atoms with Crippen LogP contribution in [0.1, 0.15) is 28.7 Å². The summed E-state index contributed by atoms with van der Waals surface area (Å²) in [4.78, 5) is 19.9. The van der Waals surface area contributed by atoms with Crippen molar-refractivity contribution in [3.8, 4) is 5.69 Å². The van der Waals surface area contributed by atoms with Crippen molar-refractivity contribution in [1.29, 1.82) is 0 Å². The number of nitrogens with zero attached hydrogens (tertiary/aromatic N) is 5. The second kappa shape index (κ2) is 7.83. The fourth-order valence-electron chi connectivity index (χ4n) is 4.37. The molecular formula is C23H23ClN6O. The maximum atomic E-state index is 13.0. The van der Waals surface area contributed by atoms with E-state index >= 15 is 0 Å². The van der Waals surface area contributed by atoms with Crippen LogP contribution in [-0.2, 0) is 11.3 Å². The molecule has 0 spiro atoms. The third-order valence-corrected chi connectivity index (χ3v) is 5.99. The van der Waals surface area contributed by atoms with Crippen LogP contribution < -0.4 is 5.32 Å². The number of piperazine rings is 1. The molecule has 7 nitrogen and oxygen atoms in total. The Morgan fingerprint density at radius 3 is 2.74 bits per heavy atom. The molecule has 0 bridgehead atoms. The minimum Gasteiger partial charge on any atom is -0.353 e. The number of carbonyl (C=O) groups excluding carboxylic acids is 1. The monoisotopic (exact) mass is 434 g/mol. The zero-order chi connectivity index (χ0) is 21.5. The summed E-state index contributed by atoms with van der Waals surface area (Å²) in [5.41, 5.74) is 5.49. The molecule has 1 amide bonds. The second-order valence-corrected chi connectivity index (χ2v) is 8.28. The van der Waals surface area contributed by atoms with Crippen LogP contribution in [0, 0.1) is 13.8 Å². The average Bonchev–Trinajstić information content (AvgIpc) is 3.28. The van der Waals surface area contributed by atoms with Gasteiger partial charge in [0.25, 0.3) is 0 Å². The highest BCUT2D eigenvalue weighted by Gasteiger charge is 2.35. The third-order valence-electron chi connectivity index (χ3n) is 5.76. The zero-order valence-electron chi connectivity index (χ0n) is 17.4. The van der Waals surface area contributed by atoms with Gasteiger partial charge in [-0.15, -0.1) is 0 Å². The van der Waals surface area contributed by atoms with Gasteiger partial charge in [-0.25, -0.2) is 9.67 Å². The molecule has 0 radical (unpaired) electrons. The van der Waals surface area contributed by atoms with E-state index in [1.54, 1.807) is 0 Å². The molecule has 8 heteroatoms. The molecule has 31 heavy (non-hydrogen) atoms. The van der Waals surface area contributed by atoms with Gasteiger partial charge in [0.1, 0.15) is 11.7 Å². The van der Waals surface area contributed by atoms with Crippen LogP contribution in [0.25, 0.3) is 11.3 Å². The molecule has 1 aromatic carbocycles. The molecule has 1 fully saturated rings. The van der Waals surface area contributed by atoms with Gasteiger partial charge in [0.2, 0.25) is 5.91 Å². The lowest BCUT2D eigenvalue weighted by molar-refractivity contribution is -0.129. The van der Waals surface area contributed by atoms with Gasteiger partial charge < -0.3 is 9.72 Å². The number of hydrogen-bond acceptors (Lipinski definition) is 4. The summed E-state index contributed by atoms with van der Waals surface area (Å²) in [6, 6.07) is 13.3. The number of fused-ring (bicyclic) bond motifs is 1. The summed E-state index contributed by atoms with van der Waals surface area (Å²) < 4.78 is 3.83. The van der Waals surface area contributed by atoms with E-state index < -0.39 is 6.04 Å². The topological polar surface area (TPSA) is 67.5 Å². The molecule has 1 saturated heterocycles. The Bertz CT molecular complexity index is 1260. The molecule has 1 atom stereocenters. The smallest absolute Gasteiger partial charge is 0.242 e. The normalized spacial score (nSPS) is 17.3. The van der Waals surface area contributed by atoms with E-state index in [-0.39, 0.29) is 5.91 Å². The molecule has 0 unspecified atom stereocenters. The summed E-state index contributed by atoms with van der Waals surface area (Å²) in [7, 11) is 0. The number of nitrogens with one attached hydrogen (secondary N) is 1. The van der Waals surface area contributed by atoms with Crippen molar-refractivity contribution in [3.63, 3.8) is 0 Å². The summed E-state index contributed by atoms with van der Waals surface area (Å²) in [5.74, 6) is -0.00290. The van der Waals surface area contributed by atoms with Gasteiger partial charge in [-0.05, 0) is 38.1 Å². The molecule has 1 N–H and O–H groups in total. The van der Waals surface area contributed by atoms with Crippen LogP contribution in [0.5, 0.6) is 0 Å². The van der Waals surface area contributed by atoms with E-state index in [9.17, 15) is 4.79 Å². The van der Waals surface area contributed by atoms with Gasteiger partial charge in [-0.2, -0.15) is 5.10 Å². The molecular weight excluding hydrogens is 412 g/mol. The Morgan fingerprint density at radius 1 is 1.13 bits per heavy atom. The van der Waals surface area contributed by atoms with Gasteiger partial charge in [-0.1, -0.05) is 29.8 Å². The van der Waals surface area contributed by atoms with Gasteiger partial charge >= 0.3 is 0 Å². The van der Waals surface area contributed by atoms with Crippen LogP contribution in [0.15, 0.2) is 54.9 Å². The lowest BCUT2D eigenvalue weighted by Gasteiger charge is -2.34. The zero-order valence-corrected chi connectivity index (χ0v) is 18.2. The number of aryl methyl sites for hydroxylation is 1. The molecule has 4 aromatic rings. The number of imidazole rings is 1. The van der Waals surface area contributed by atoms with Crippen molar-refractivity contribution in [2.75, 3.05) is 13.1 Å². The SMILES string of the molecule is Cc1nn(-c2ccccc2)c(C)c1[C@@H]1C(=O)NCCN1Cc1cn2cc(Cl)ccc2n1. The van der Waals surface area contributed by atoms with Crippen LogP contribution in [0.3, 0.4) is 0 Å². The number of para-hydroxylation sites is 1. The fourth-order valence-corrected chi connectivity index (χ4v) is 4.54. The first-order chi connectivity index (χ1) is 15.0. The van der Waals surface area contributed by atoms with Gasteiger partial charge in [0, 0.05) is 43.3 Å². The van der Waals surface area contributed by atoms with Crippen molar-refractivity contribution in [1.82, 2.24) is 29.4 Å². The van der Waals surface area contributed by atoms with E-state index in [0.29, 0.717) is 18.1 Å². The van der Waals surface area contributed by atoms with Crippen molar-refractivity contribution in [3.05, 3.63) is 82.5 Å². The van der Waals surface area contributed by atoms with Crippen LogP contribution >= 0.6 is 11.6 Å². The average molecular weight is 435 g/mol. The lowest BCUT2D eigenvalue weighted by Crippen LogP contribution is -2.49. The van der Waals surface area contributed by atoms with E-state index in [1.165, 1.54) is 0 Å². The Balaban J connectivity index is 1.51. The molecule has 4 heterocycles. The van der Waals surface area contributed by atoms with Crippen molar-refractivity contribution >= 4 is 23.2 Å². The highest BCUT2D eigenvalue weighted by Crippen LogP contribution is 2.31. The highest BCUT2D eigenvalue weighted by atomic mass is 35.5. The quantitative estimate of drug-likeness (QED) is 0.534. The van der Waals surface area contributed by atoms with Crippen molar-refractivity contribution < 1.29 is 4.79 Å². The predicted octanol–water partition coefficient (Wildman–Crippen LogP) is 3.46. The van der Waals surface area contributed by atoms with Crippen molar-refractivity contribution in [2.24, 2.45) is 0 Å². The predicted molar refractivity (Wildman–Crippen MR) is 119 cm³/mol. The summed E-state index contributed by atoms with van der Waals surface area (Å²) >= 11 is 6.11. The Morgan fingerprint density at radius 2 is 1.94 bits per heavy atom. The number of aromatic nitrogens is 4. The Kier molecular flexibility index (Phi) is 5.00. The molecule has 5 rings (SSSR count). The van der Waals surface area contributed by atoms with E-state index in [2.05, 4.69) is 10.2 Å². The summed E-state index contributed by atoms with van der Waals surface area (Å²) in [6.07, 6.45) is 3.81. The second-order valence-electron chi connectivity index (χ2n) is 7.84. The van der Waals surface area contributed by atoms with E-state index in [0.717, 1.165) is 40.5 Å². The van der Waals surface area contributed by atoms with E-state index in [4.69, 9.17) is 21.7 Å².